The summed E-state index contributed by atoms with van der Waals surface area (Å²) in [6, 6.07) is 25.4. The van der Waals surface area contributed by atoms with E-state index < -0.39 is 20.8 Å². The number of halogens is 2. The van der Waals surface area contributed by atoms with E-state index in [0.29, 0.717) is 11.3 Å². The first-order valence-corrected chi connectivity index (χ1v) is 16.3. The number of pyridine rings is 1. The molecule has 0 spiro atoms. The molecule has 3 aromatic carbocycles. The molecule has 2 nitrogen and oxygen atoms in total. The number of aromatic hydroxyl groups is 1. The molecule has 0 bridgehead atoms. The summed E-state index contributed by atoms with van der Waals surface area (Å²) in [6.45, 7) is 2.12. The summed E-state index contributed by atoms with van der Waals surface area (Å²) < 4.78 is 0. The van der Waals surface area contributed by atoms with Crippen LogP contribution in [0.2, 0.25) is 0 Å². The minimum atomic E-state index is -0.826. The van der Waals surface area contributed by atoms with Gasteiger partial charge in [-0.15, -0.1) is 0 Å². The molecule has 5 rings (SSSR count). The van der Waals surface area contributed by atoms with E-state index in [2.05, 4.69) is 73.7 Å². The number of rotatable bonds is 3. The van der Waals surface area contributed by atoms with E-state index in [9.17, 15) is 5.11 Å². The molecule has 150 valence electrons. The predicted octanol–water partition coefficient (Wildman–Crippen LogP) is 7.43. The molecule has 4 aromatic rings. The van der Waals surface area contributed by atoms with Crippen LogP contribution in [0.15, 0.2) is 72.8 Å². The van der Waals surface area contributed by atoms with Crippen molar-refractivity contribution in [3.63, 3.8) is 0 Å². The number of nitrogens with zero attached hydrogens (tertiary/aromatic N) is 1. The zero-order chi connectivity index (χ0) is 21.1. The van der Waals surface area contributed by atoms with E-state index in [4.69, 9.17) is 22.0 Å². The Labute approximate surface area is 195 Å². The quantitative estimate of drug-likeness (QED) is 0.272. The molecule has 1 aliphatic rings. The van der Waals surface area contributed by atoms with Gasteiger partial charge >= 0.3 is 37.9 Å². The fourth-order valence-electron chi connectivity index (χ4n) is 4.34. The molecule has 1 N–H and O–H groups in total. The van der Waals surface area contributed by atoms with Crippen molar-refractivity contribution in [2.24, 2.45) is 0 Å². The number of phenols is 1. The zero-order valence-electron chi connectivity index (χ0n) is 16.6. The Morgan fingerprint density at radius 3 is 2.03 bits per heavy atom. The van der Waals surface area contributed by atoms with Crippen LogP contribution in [0, 0.1) is 0 Å². The molecule has 0 saturated heterocycles. The molecule has 1 heterocycles. The Balaban J connectivity index is 0.000000687. The van der Waals surface area contributed by atoms with Crippen LogP contribution in [0.3, 0.4) is 0 Å². The third-order valence-corrected chi connectivity index (χ3v) is 5.59. The van der Waals surface area contributed by atoms with Crippen molar-refractivity contribution in [1.29, 1.82) is 0 Å². The van der Waals surface area contributed by atoms with E-state index in [1.807, 2.05) is 6.07 Å². The van der Waals surface area contributed by atoms with Crippen molar-refractivity contribution in [3.05, 3.63) is 95.2 Å². The van der Waals surface area contributed by atoms with Gasteiger partial charge in [-0.05, 0) is 40.3 Å². The van der Waals surface area contributed by atoms with Gasteiger partial charge in [0.15, 0.2) is 0 Å². The fraction of sp³-hybridized carbons (Fsp3) is 0.160. The Morgan fingerprint density at radius 1 is 0.867 bits per heavy atom. The van der Waals surface area contributed by atoms with Gasteiger partial charge in [0.2, 0.25) is 0 Å². The molecule has 0 aliphatic heterocycles. The summed E-state index contributed by atoms with van der Waals surface area (Å²) in [7, 11) is 9.87. The van der Waals surface area contributed by atoms with Crippen LogP contribution in [0.4, 0.5) is 0 Å². The molecule has 5 heteroatoms. The first kappa shape index (κ1) is 21.6. The second kappa shape index (κ2) is 9.64. The van der Waals surface area contributed by atoms with Gasteiger partial charge in [-0.2, -0.15) is 0 Å². The standard InChI is InChI=1S/C25H21NO.2ClH.Zr/c1-2-7-17-13-12-16-14-15-22(26-24(16)25(17)27)23-20-10-5-3-8-18(20)19-9-4-6-11-21(19)23;;;/h3-6,8-15,23,27H,2,7H2,1H3;2*1H;/q;;;+2/p-2. The van der Waals surface area contributed by atoms with E-state index >= 15 is 0 Å². The van der Waals surface area contributed by atoms with Crippen molar-refractivity contribution >= 4 is 27.9 Å². The fourth-order valence-corrected chi connectivity index (χ4v) is 4.34. The molecule has 30 heavy (non-hydrogen) atoms. The van der Waals surface area contributed by atoms with E-state index in [-0.39, 0.29) is 5.92 Å². The first-order valence-electron chi connectivity index (χ1n) is 9.95. The third kappa shape index (κ3) is 3.96. The number of benzene rings is 3. The van der Waals surface area contributed by atoms with Gasteiger partial charge in [-0.1, -0.05) is 80.1 Å². The third-order valence-electron chi connectivity index (χ3n) is 5.59. The molecular weight excluding hydrogens is 492 g/mol. The average Bonchev–Trinajstić information content (AvgIpc) is 3.11. The Morgan fingerprint density at radius 2 is 1.43 bits per heavy atom. The van der Waals surface area contributed by atoms with Crippen LogP contribution in [0.5, 0.6) is 5.75 Å². The summed E-state index contributed by atoms with van der Waals surface area (Å²) >= 11 is -0.826. The summed E-state index contributed by atoms with van der Waals surface area (Å²) in [5.74, 6) is 0.437. The Kier molecular flexibility index (Phi) is 6.93. The van der Waals surface area contributed by atoms with E-state index in [0.717, 1.165) is 29.5 Å². The van der Waals surface area contributed by atoms with Crippen LogP contribution in [0.1, 0.15) is 41.6 Å². The maximum absolute atomic E-state index is 10.8. The molecule has 0 atom stereocenters. The van der Waals surface area contributed by atoms with Gasteiger partial charge in [0.05, 0.1) is 11.6 Å². The van der Waals surface area contributed by atoms with Crippen molar-refractivity contribution < 1.29 is 26.0 Å². The normalized spacial score (nSPS) is 12.1. The molecule has 0 fully saturated rings. The van der Waals surface area contributed by atoms with Gasteiger partial charge in [-0.3, -0.25) is 0 Å². The Hall–Kier alpha value is -1.67. The van der Waals surface area contributed by atoms with Gasteiger partial charge in [-0.25, -0.2) is 4.98 Å². The van der Waals surface area contributed by atoms with E-state index in [1.165, 1.54) is 22.3 Å². The van der Waals surface area contributed by atoms with Crippen molar-refractivity contribution in [1.82, 2.24) is 4.98 Å². The molecule has 0 amide bonds. The second-order valence-electron chi connectivity index (χ2n) is 7.31. The van der Waals surface area contributed by atoms with Crippen molar-refractivity contribution in [2.45, 2.75) is 25.7 Å². The van der Waals surface area contributed by atoms with Gasteiger partial charge in [0.25, 0.3) is 0 Å². The molecular formula is C25H21Cl2NOZr. The number of hydrogen-bond acceptors (Lipinski definition) is 2. The van der Waals surface area contributed by atoms with Crippen LogP contribution in [0.25, 0.3) is 22.0 Å². The van der Waals surface area contributed by atoms with Crippen LogP contribution in [-0.2, 0) is 27.3 Å². The van der Waals surface area contributed by atoms with Crippen LogP contribution in [-0.4, -0.2) is 10.1 Å². The van der Waals surface area contributed by atoms with Gasteiger partial charge in [0.1, 0.15) is 11.3 Å². The number of phenolic OH excluding ortho intramolecular Hbond substituents is 1. The number of hydrogen-bond donors (Lipinski definition) is 1. The SMILES string of the molecule is CCCc1ccc2ccc(C3c4ccccc4-c4ccccc43)nc2c1O.[Cl][Zr][Cl]. The monoisotopic (exact) mass is 511 g/mol. The number of aromatic nitrogens is 1. The van der Waals surface area contributed by atoms with Crippen molar-refractivity contribution in [2.75, 3.05) is 0 Å². The predicted molar refractivity (Wildman–Crippen MR) is 122 cm³/mol. The van der Waals surface area contributed by atoms with Gasteiger partial charge in [0, 0.05) is 5.39 Å². The summed E-state index contributed by atoms with van der Waals surface area (Å²) in [5.41, 5.74) is 7.81. The number of fused-ring (bicyclic) bond motifs is 4. The number of aryl methyl sites for hydroxylation is 1. The zero-order valence-corrected chi connectivity index (χ0v) is 20.5. The topological polar surface area (TPSA) is 33.1 Å². The van der Waals surface area contributed by atoms with Gasteiger partial charge < -0.3 is 5.11 Å². The van der Waals surface area contributed by atoms with E-state index in [1.54, 1.807) is 0 Å². The minimum absolute atomic E-state index is 0.107. The molecule has 0 unspecified atom stereocenters. The van der Waals surface area contributed by atoms with Crippen LogP contribution < -0.4 is 0 Å². The second-order valence-corrected chi connectivity index (χ2v) is 11.0. The summed E-state index contributed by atoms with van der Waals surface area (Å²) in [6.07, 6.45) is 1.87. The molecule has 1 aliphatic carbocycles. The summed E-state index contributed by atoms with van der Waals surface area (Å²) in [4.78, 5) is 4.95. The van der Waals surface area contributed by atoms with Crippen molar-refractivity contribution in [3.8, 4) is 16.9 Å². The van der Waals surface area contributed by atoms with Crippen LogP contribution >= 0.6 is 17.0 Å². The average molecular weight is 514 g/mol. The molecule has 1 aromatic heterocycles. The first-order chi connectivity index (χ1) is 14.7. The Bertz CT molecular complexity index is 1150. The summed E-state index contributed by atoms with van der Waals surface area (Å²) in [5, 5.41) is 11.8. The maximum atomic E-state index is 10.8. The molecule has 0 saturated carbocycles. The molecule has 0 radical (unpaired) electrons.